The van der Waals surface area contributed by atoms with Crippen LogP contribution in [0, 0.1) is 0 Å². The fraction of sp³-hybridized carbons (Fsp3) is 0. The molecule has 0 amide bonds. The number of para-hydroxylation sites is 2. The highest BCUT2D eigenvalue weighted by molar-refractivity contribution is 6.69. The van der Waals surface area contributed by atoms with E-state index in [9.17, 15) is 0 Å². The predicted molar refractivity (Wildman–Crippen MR) is 230 cm³/mol. The van der Waals surface area contributed by atoms with E-state index in [1.54, 1.807) is 0 Å². The number of benzene rings is 7. The van der Waals surface area contributed by atoms with Crippen molar-refractivity contribution >= 4 is 110 Å². The normalized spacial score (nSPS) is 11.6. The lowest BCUT2D eigenvalue weighted by Gasteiger charge is -2.21. The monoisotopic (exact) mass is 690 g/mol. The SMILES string of the molecule is [B]c1c([B])c([B])c(-c2cccc3oc4cc(-c5nc(-c6ccc(-c7ccccc7)cc6)nc(-n6c7ccccc7c7ccccc76)n5)ccc4c23)c([B])c1[B]. The molecule has 0 unspecified atom stereocenters. The van der Waals surface area contributed by atoms with Gasteiger partial charge >= 0.3 is 0 Å². The minimum Gasteiger partial charge on any atom is -0.456 e. The van der Waals surface area contributed by atoms with E-state index in [1.807, 2.05) is 78.9 Å². The molecule has 0 fully saturated rings. The van der Waals surface area contributed by atoms with E-state index in [1.165, 1.54) is 0 Å². The summed E-state index contributed by atoms with van der Waals surface area (Å²) >= 11 is 0. The van der Waals surface area contributed by atoms with E-state index in [0.717, 1.165) is 60.4 Å². The van der Waals surface area contributed by atoms with Gasteiger partial charge in [0.15, 0.2) is 11.6 Å². The van der Waals surface area contributed by atoms with Crippen molar-refractivity contribution in [2.45, 2.75) is 0 Å². The number of rotatable bonds is 5. The van der Waals surface area contributed by atoms with Crippen molar-refractivity contribution in [3.05, 3.63) is 140 Å². The summed E-state index contributed by atoms with van der Waals surface area (Å²) in [5.74, 6) is 1.53. The van der Waals surface area contributed by atoms with Gasteiger partial charge in [-0.05, 0) is 52.6 Å². The molecule has 5 nitrogen and oxygen atoms in total. The molecule has 7 aromatic carbocycles. The Kier molecular flexibility index (Phi) is 7.70. The van der Waals surface area contributed by atoms with Crippen molar-refractivity contribution in [1.82, 2.24) is 19.5 Å². The molecule has 0 bridgehead atoms. The first-order valence-corrected chi connectivity index (χ1v) is 17.7. The zero-order valence-corrected chi connectivity index (χ0v) is 29.4. The summed E-state index contributed by atoms with van der Waals surface area (Å²) in [5, 5.41) is 3.88. The summed E-state index contributed by atoms with van der Waals surface area (Å²) < 4.78 is 8.58. The Hall–Kier alpha value is -6.53. The van der Waals surface area contributed by atoms with Crippen molar-refractivity contribution in [2.24, 2.45) is 0 Å². The molecule has 0 aliphatic rings. The lowest BCUT2D eigenvalue weighted by Crippen LogP contribution is -2.55. The molecule has 10 aromatic rings. The van der Waals surface area contributed by atoms with E-state index in [4.69, 9.17) is 58.6 Å². The van der Waals surface area contributed by atoms with Gasteiger partial charge < -0.3 is 4.42 Å². The van der Waals surface area contributed by atoms with Crippen LogP contribution in [0.3, 0.4) is 0 Å². The van der Waals surface area contributed by atoms with Crippen LogP contribution in [-0.2, 0) is 0 Å². The molecule has 0 N–H and O–H groups in total. The molecule has 10 heteroatoms. The summed E-state index contributed by atoms with van der Waals surface area (Å²) in [7, 11) is 31.7. The minimum atomic E-state index is 0.164. The number of hydrogen-bond acceptors (Lipinski definition) is 4. The van der Waals surface area contributed by atoms with Gasteiger partial charge in [-0.15, -0.1) is 16.4 Å². The highest BCUT2D eigenvalue weighted by Crippen LogP contribution is 2.38. The number of nitrogens with zero attached hydrogens (tertiary/aromatic N) is 4. The van der Waals surface area contributed by atoms with Crippen LogP contribution in [0.2, 0.25) is 0 Å². The predicted octanol–water partition coefficient (Wildman–Crippen LogP) is 5.51. The second-order valence-corrected chi connectivity index (χ2v) is 13.5. The Bertz CT molecular complexity index is 3070. The highest BCUT2D eigenvalue weighted by atomic mass is 16.3. The first kappa shape index (κ1) is 33.1. The van der Waals surface area contributed by atoms with Gasteiger partial charge in [-0.1, -0.05) is 120 Å². The number of hydrogen-bond donors (Lipinski definition) is 0. The Labute approximate surface area is 323 Å². The minimum absolute atomic E-state index is 0.164. The summed E-state index contributed by atoms with van der Waals surface area (Å²) in [6.07, 6.45) is 0. The third-order valence-corrected chi connectivity index (χ3v) is 10.4. The zero-order valence-electron chi connectivity index (χ0n) is 29.4. The van der Waals surface area contributed by atoms with Crippen molar-refractivity contribution in [2.75, 3.05) is 0 Å². The van der Waals surface area contributed by atoms with Crippen LogP contribution in [0.4, 0.5) is 0 Å². The van der Waals surface area contributed by atoms with Gasteiger partial charge in [0.05, 0.1) is 11.0 Å². The molecule has 0 spiro atoms. The fourth-order valence-corrected chi connectivity index (χ4v) is 7.62. The highest BCUT2D eigenvalue weighted by Gasteiger charge is 2.21. The molecule has 0 atom stereocenters. The third-order valence-electron chi connectivity index (χ3n) is 10.4. The summed E-state index contributed by atoms with van der Waals surface area (Å²) in [5.41, 5.74) is 9.39. The Morgan fingerprint density at radius 3 is 1.64 bits per heavy atom. The number of aromatic nitrogens is 4. The van der Waals surface area contributed by atoms with Crippen LogP contribution in [0.25, 0.3) is 94.7 Å². The second-order valence-electron chi connectivity index (χ2n) is 13.5. The van der Waals surface area contributed by atoms with Gasteiger partial charge in [-0.3, -0.25) is 4.57 Å². The largest absolute Gasteiger partial charge is 0.456 e. The van der Waals surface area contributed by atoms with Crippen molar-refractivity contribution in [3.8, 4) is 51.0 Å². The average molecular weight is 690 g/mol. The van der Waals surface area contributed by atoms with Gasteiger partial charge in [-0.2, -0.15) is 9.97 Å². The first-order valence-electron chi connectivity index (χ1n) is 17.7. The van der Waals surface area contributed by atoms with E-state index in [-0.39, 0.29) is 27.3 Å². The molecule has 0 aliphatic carbocycles. The summed E-state index contributed by atoms with van der Waals surface area (Å²) in [4.78, 5) is 15.3. The Morgan fingerprint density at radius 2 is 0.964 bits per heavy atom. The maximum Gasteiger partial charge on any atom is 0.238 e. The Morgan fingerprint density at radius 1 is 0.418 bits per heavy atom. The molecular formula is C45H23B5N4O. The van der Waals surface area contributed by atoms with Crippen LogP contribution >= 0.6 is 0 Å². The smallest absolute Gasteiger partial charge is 0.238 e. The van der Waals surface area contributed by atoms with Gasteiger partial charge in [0.2, 0.25) is 5.95 Å². The molecule has 0 aliphatic heterocycles. The van der Waals surface area contributed by atoms with Crippen molar-refractivity contribution in [3.63, 3.8) is 0 Å². The Balaban J connectivity index is 1.18. The first-order chi connectivity index (χ1) is 26.9. The van der Waals surface area contributed by atoms with Crippen LogP contribution < -0.4 is 27.3 Å². The molecule has 244 valence electrons. The third kappa shape index (κ3) is 5.27. The van der Waals surface area contributed by atoms with Crippen LogP contribution in [0.5, 0.6) is 0 Å². The van der Waals surface area contributed by atoms with Gasteiger partial charge in [-0.25, -0.2) is 4.98 Å². The number of fused-ring (bicyclic) bond motifs is 6. The van der Waals surface area contributed by atoms with Crippen LogP contribution in [0.15, 0.2) is 144 Å². The second kappa shape index (κ2) is 12.8. The maximum atomic E-state index is 6.52. The quantitative estimate of drug-likeness (QED) is 0.224. The molecule has 3 heterocycles. The molecular weight excluding hydrogens is 667 g/mol. The molecule has 55 heavy (non-hydrogen) atoms. The molecule has 10 radical (unpaired) electrons. The standard InChI is InChI=1S/C45H23B5N4O/c46-38-37(39(47)41(49)42(50)40(38)48)31-13-8-16-34-36(31)30-22-21-27(23-35(30)55-34)44-51-43(26-19-17-25(18-20-26)24-9-2-1-3-10-24)52-45(53-44)54-32-14-6-4-11-28(32)29-12-5-7-15-33(29)54/h1-23H. The van der Waals surface area contributed by atoms with Gasteiger partial charge in [0, 0.05) is 32.7 Å². The van der Waals surface area contributed by atoms with Gasteiger partial charge in [0.1, 0.15) is 50.4 Å². The van der Waals surface area contributed by atoms with E-state index in [0.29, 0.717) is 34.3 Å². The van der Waals surface area contributed by atoms with Crippen molar-refractivity contribution < 1.29 is 4.42 Å². The fourth-order valence-electron chi connectivity index (χ4n) is 7.62. The zero-order chi connectivity index (χ0) is 37.4. The molecule has 3 aromatic heterocycles. The van der Waals surface area contributed by atoms with E-state index >= 15 is 0 Å². The van der Waals surface area contributed by atoms with E-state index < -0.39 is 0 Å². The summed E-state index contributed by atoms with van der Waals surface area (Å²) in [6, 6.07) is 46.8. The summed E-state index contributed by atoms with van der Waals surface area (Å²) in [6.45, 7) is 0. The average Bonchev–Trinajstić information content (AvgIpc) is 3.78. The molecule has 0 saturated carbocycles. The van der Waals surface area contributed by atoms with E-state index in [2.05, 4.69) is 65.2 Å². The number of furan rings is 1. The topological polar surface area (TPSA) is 56.7 Å². The van der Waals surface area contributed by atoms with Crippen LogP contribution in [-0.4, -0.2) is 58.8 Å². The lowest BCUT2D eigenvalue weighted by molar-refractivity contribution is 0.669. The molecule has 0 saturated heterocycles. The molecule has 10 rings (SSSR count). The van der Waals surface area contributed by atoms with Gasteiger partial charge in [0.25, 0.3) is 0 Å². The van der Waals surface area contributed by atoms with Crippen molar-refractivity contribution in [1.29, 1.82) is 0 Å². The van der Waals surface area contributed by atoms with Crippen LogP contribution in [0.1, 0.15) is 0 Å². The lowest BCUT2D eigenvalue weighted by atomic mass is 9.59. The maximum absolute atomic E-state index is 6.52.